The quantitative estimate of drug-likeness (QED) is 0.741. The van der Waals surface area contributed by atoms with Gasteiger partial charge < -0.3 is 14.6 Å². The second kappa shape index (κ2) is 6.39. The first-order valence-corrected chi connectivity index (χ1v) is 13.7. The van der Waals surface area contributed by atoms with E-state index in [9.17, 15) is 10.2 Å². The maximum Gasteiger partial charge on any atom is 0.191 e. The van der Waals surface area contributed by atoms with Crippen molar-refractivity contribution in [2.75, 3.05) is 6.61 Å². The second-order valence-electron chi connectivity index (χ2n) is 8.35. The predicted octanol–water partition coefficient (Wildman–Crippen LogP) is 3.24. The average Bonchev–Trinajstić information content (AvgIpc) is 2.20. The summed E-state index contributed by atoms with van der Waals surface area (Å²) in [5.74, 6) is -0.0316. The Morgan fingerprint density at radius 1 is 1.00 bits per heavy atom. The van der Waals surface area contributed by atoms with Gasteiger partial charge in [0, 0.05) is 12.5 Å². The molecule has 0 saturated heterocycles. The molecule has 0 aliphatic heterocycles. The molecule has 0 aliphatic carbocycles. The third-order valence-electron chi connectivity index (χ3n) is 4.31. The number of aliphatic hydroxyl groups excluding tert-OH is 2. The fourth-order valence-corrected chi connectivity index (χ4v) is 3.94. The topological polar surface area (TPSA) is 49.7 Å². The van der Waals surface area contributed by atoms with Crippen molar-refractivity contribution < 1.29 is 14.6 Å². The van der Waals surface area contributed by atoms with Crippen molar-refractivity contribution in [1.29, 1.82) is 0 Å². The first kappa shape index (κ1) is 19.3. The Kier molecular flexibility index (Phi) is 6.49. The lowest BCUT2D eigenvalue weighted by Gasteiger charge is -2.38. The van der Waals surface area contributed by atoms with Gasteiger partial charge in [-0.05, 0) is 18.1 Å². The minimum Gasteiger partial charge on any atom is -0.416 e. The number of hydrogen-bond donors (Lipinski definition) is 2. The van der Waals surface area contributed by atoms with Gasteiger partial charge in [0.25, 0.3) is 0 Å². The summed E-state index contributed by atoms with van der Waals surface area (Å²) in [7, 11) is -3.51. The Morgan fingerprint density at radius 2 is 1.42 bits per heavy atom. The summed E-state index contributed by atoms with van der Waals surface area (Å²) in [4.78, 5) is 0. The van der Waals surface area contributed by atoms with Crippen LogP contribution in [0.4, 0.5) is 0 Å². The Balaban J connectivity index is 4.52. The molecule has 0 aliphatic rings. The maximum atomic E-state index is 10.2. The highest BCUT2D eigenvalue weighted by Crippen LogP contribution is 2.37. The molecule has 0 aromatic rings. The van der Waals surface area contributed by atoms with Crippen molar-refractivity contribution in [2.45, 2.75) is 77.3 Å². The van der Waals surface area contributed by atoms with E-state index in [4.69, 9.17) is 4.43 Å². The van der Waals surface area contributed by atoms with E-state index in [0.29, 0.717) is 6.61 Å². The lowest BCUT2D eigenvalue weighted by molar-refractivity contribution is 0.00770. The van der Waals surface area contributed by atoms with Crippen LogP contribution >= 0.6 is 0 Å². The molecule has 0 amide bonds. The van der Waals surface area contributed by atoms with Crippen molar-refractivity contribution in [3.63, 3.8) is 0 Å². The summed E-state index contributed by atoms with van der Waals surface area (Å²) in [5, 5.41) is 20.6. The standard InChI is InChI=1S/C14H34O3Si2/c1-11(12(15)13(16)18(5,6)7)10-17-19(8,9)14(2,3)4/h11-13,15-16H,10H2,1-9H3/t11-,12+,13+/m0/s1. The lowest BCUT2D eigenvalue weighted by Crippen LogP contribution is -2.50. The largest absolute Gasteiger partial charge is 0.416 e. The Labute approximate surface area is 121 Å². The molecule has 19 heavy (non-hydrogen) atoms. The van der Waals surface area contributed by atoms with Crippen molar-refractivity contribution in [3.05, 3.63) is 0 Å². The van der Waals surface area contributed by atoms with Crippen LogP contribution in [0.3, 0.4) is 0 Å². The van der Waals surface area contributed by atoms with Crippen LogP contribution in [-0.4, -0.2) is 45.0 Å². The van der Waals surface area contributed by atoms with E-state index in [2.05, 4.69) is 53.5 Å². The smallest absolute Gasteiger partial charge is 0.191 e. The molecule has 0 aromatic carbocycles. The monoisotopic (exact) mass is 306 g/mol. The first-order chi connectivity index (χ1) is 8.20. The van der Waals surface area contributed by atoms with Crippen molar-refractivity contribution in [3.8, 4) is 0 Å². The first-order valence-electron chi connectivity index (χ1n) is 7.20. The molecule has 3 nitrogen and oxygen atoms in total. The van der Waals surface area contributed by atoms with Crippen LogP contribution in [0.2, 0.25) is 37.8 Å². The average molecular weight is 307 g/mol. The fraction of sp³-hybridized carbons (Fsp3) is 1.00. The zero-order chi connectivity index (χ0) is 15.6. The van der Waals surface area contributed by atoms with Gasteiger partial charge in [-0.1, -0.05) is 47.3 Å². The SMILES string of the molecule is C[C@@H](CO[Si](C)(C)C(C)(C)C)[C@@H](O)[C@H](O)[Si](C)(C)C. The molecule has 0 rings (SSSR count). The van der Waals surface area contributed by atoms with Crippen molar-refractivity contribution in [2.24, 2.45) is 5.92 Å². The van der Waals surface area contributed by atoms with Crippen molar-refractivity contribution >= 4 is 16.4 Å². The van der Waals surface area contributed by atoms with Crippen LogP contribution in [-0.2, 0) is 4.43 Å². The van der Waals surface area contributed by atoms with Gasteiger partial charge in [-0.15, -0.1) is 0 Å². The molecule has 5 heteroatoms. The van der Waals surface area contributed by atoms with Crippen LogP contribution in [0, 0.1) is 5.92 Å². The van der Waals surface area contributed by atoms with Crippen LogP contribution < -0.4 is 0 Å². The zero-order valence-electron chi connectivity index (χ0n) is 14.2. The minimum absolute atomic E-state index is 0.0316. The van der Waals surface area contributed by atoms with Gasteiger partial charge >= 0.3 is 0 Å². The van der Waals surface area contributed by atoms with E-state index >= 15 is 0 Å². The summed E-state index contributed by atoms with van der Waals surface area (Å²) in [5.41, 5.74) is -0.592. The molecule has 3 atom stereocenters. The van der Waals surface area contributed by atoms with Crippen LogP contribution in [0.5, 0.6) is 0 Å². The molecule has 0 aromatic heterocycles. The molecule has 0 heterocycles. The highest BCUT2D eigenvalue weighted by molar-refractivity contribution is 6.77. The molecule has 0 saturated carbocycles. The van der Waals surface area contributed by atoms with E-state index in [1.807, 2.05) is 6.92 Å². The summed E-state index contributed by atoms with van der Waals surface area (Å²) in [6.07, 6.45) is -0.684. The van der Waals surface area contributed by atoms with Gasteiger partial charge in [-0.2, -0.15) is 0 Å². The Hall–Kier alpha value is 0.314. The summed E-state index contributed by atoms with van der Waals surface area (Å²) < 4.78 is 6.12. The number of rotatable bonds is 6. The van der Waals surface area contributed by atoms with Gasteiger partial charge in [-0.25, -0.2) is 0 Å². The van der Waals surface area contributed by atoms with Crippen LogP contribution in [0.1, 0.15) is 27.7 Å². The third-order valence-corrected chi connectivity index (χ3v) is 10.9. The van der Waals surface area contributed by atoms with Crippen molar-refractivity contribution in [1.82, 2.24) is 0 Å². The third kappa shape index (κ3) is 5.67. The summed E-state index contributed by atoms with van der Waals surface area (Å²) in [6.45, 7) is 19.7. The van der Waals surface area contributed by atoms with E-state index in [1.165, 1.54) is 0 Å². The fourth-order valence-electron chi connectivity index (χ4n) is 1.48. The maximum absolute atomic E-state index is 10.2. The molecular formula is C14H34O3Si2. The molecular weight excluding hydrogens is 272 g/mol. The lowest BCUT2D eigenvalue weighted by atomic mass is 10.1. The zero-order valence-corrected chi connectivity index (χ0v) is 16.2. The molecule has 0 spiro atoms. The number of aliphatic hydroxyl groups is 2. The van der Waals surface area contributed by atoms with Gasteiger partial charge in [0.2, 0.25) is 0 Å². The van der Waals surface area contributed by atoms with Gasteiger partial charge in [-0.3, -0.25) is 0 Å². The van der Waals surface area contributed by atoms with Gasteiger partial charge in [0.05, 0.1) is 19.9 Å². The minimum atomic E-state index is -1.78. The molecule has 0 unspecified atom stereocenters. The molecule has 0 bridgehead atoms. The second-order valence-corrected chi connectivity index (χ2v) is 18.5. The van der Waals surface area contributed by atoms with Crippen LogP contribution in [0.25, 0.3) is 0 Å². The molecule has 0 fully saturated rings. The van der Waals surface area contributed by atoms with E-state index in [1.54, 1.807) is 0 Å². The Morgan fingerprint density at radius 3 is 1.74 bits per heavy atom. The molecule has 0 radical (unpaired) electrons. The normalized spacial score (nSPS) is 19.1. The summed E-state index contributed by atoms with van der Waals surface area (Å²) >= 11 is 0. The van der Waals surface area contributed by atoms with Crippen LogP contribution in [0.15, 0.2) is 0 Å². The van der Waals surface area contributed by atoms with E-state index in [0.717, 1.165) is 0 Å². The van der Waals surface area contributed by atoms with E-state index < -0.39 is 28.2 Å². The number of hydrogen-bond acceptors (Lipinski definition) is 3. The molecule has 116 valence electrons. The highest BCUT2D eigenvalue weighted by atomic mass is 28.4. The predicted molar refractivity (Wildman–Crippen MR) is 87.7 cm³/mol. The van der Waals surface area contributed by atoms with Gasteiger partial charge in [0.15, 0.2) is 8.32 Å². The summed E-state index contributed by atoms with van der Waals surface area (Å²) in [6, 6.07) is 0. The highest BCUT2D eigenvalue weighted by Gasteiger charge is 2.39. The Bertz CT molecular complexity index is 279. The van der Waals surface area contributed by atoms with Gasteiger partial charge in [0.1, 0.15) is 0 Å². The van der Waals surface area contributed by atoms with E-state index in [-0.39, 0.29) is 11.0 Å². The molecule has 2 N–H and O–H groups in total.